The molecular formula is C21H46O9Si2. The van der Waals surface area contributed by atoms with Crippen LogP contribution in [0, 0.1) is 0 Å². The highest BCUT2D eigenvalue weighted by molar-refractivity contribution is 6.65. The minimum Gasteiger partial charge on any atom is -0.398 e. The predicted molar refractivity (Wildman–Crippen MR) is 126 cm³/mol. The first-order valence-electron chi connectivity index (χ1n) is 11.6. The van der Waals surface area contributed by atoms with Crippen molar-refractivity contribution in [3.05, 3.63) is 0 Å². The fourth-order valence-electron chi connectivity index (χ4n) is 3.00. The Hall–Kier alpha value is 0.0738. The summed E-state index contributed by atoms with van der Waals surface area (Å²) in [5, 5.41) is 0. The molecule has 9 nitrogen and oxygen atoms in total. The number of unbranched alkanes of at least 4 members (excludes halogenated alkanes) is 3. The van der Waals surface area contributed by atoms with Crippen molar-refractivity contribution in [3.63, 3.8) is 0 Å². The van der Waals surface area contributed by atoms with Gasteiger partial charge in [-0.05, 0) is 31.9 Å². The fourth-order valence-corrected chi connectivity index (χ4v) is 6.15. The Morgan fingerprint density at radius 2 is 1.09 bits per heavy atom. The van der Waals surface area contributed by atoms with Gasteiger partial charge in [0.2, 0.25) is 0 Å². The van der Waals surface area contributed by atoms with Gasteiger partial charge in [-0.15, -0.1) is 0 Å². The molecule has 0 spiro atoms. The van der Waals surface area contributed by atoms with Crippen molar-refractivity contribution >= 4 is 17.4 Å². The fraction of sp³-hybridized carbons (Fsp3) is 1.00. The van der Waals surface area contributed by atoms with Gasteiger partial charge < -0.3 is 41.1 Å². The van der Waals surface area contributed by atoms with Crippen LogP contribution in [0.3, 0.4) is 0 Å². The van der Waals surface area contributed by atoms with Gasteiger partial charge in [-0.3, -0.25) is 0 Å². The van der Waals surface area contributed by atoms with E-state index in [0.717, 1.165) is 77.4 Å². The van der Waals surface area contributed by atoms with E-state index in [1.54, 1.807) is 35.5 Å². The topological polar surface area (TPSA) is 89.7 Å². The van der Waals surface area contributed by atoms with Gasteiger partial charge in [0.1, 0.15) is 12.2 Å². The number of hydrogen-bond acceptors (Lipinski definition) is 9. The third kappa shape index (κ3) is 14.4. The minimum absolute atomic E-state index is 0.364. The summed E-state index contributed by atoms with van der Waals surface area (Å²) in [5.41, 5.74) is 0. The van der Waals surface area contributed by atoms with Crippen LogP contribution in [-0.2, 0) is 41.1 Å². The van der Waals surface area contributed by atoms with Gasteiger partial charge in [-0.1, -0.05) is 12.8 Å². The molecule has 32 heavy (non-hydrogen) atoms. The summed E-state index contributed by atoms with van der Waals surface area (Å²) in [6.07, 6.45) is 6.25. The highest BCUT2D eigenvalue weighted by Crippen LogP contribution is 2.18. The second kappa shape index (κ2) is 17.5. The summed E-state index contributed by atoms with van der Waals surface area (Å²) < 4.78 is 47.8. The van der Waals surface area contributed by atoms with E-state index in [9.17, 15) is 0 Å². The summed E-state index contributed by atoms with van der Waals surface area (Å²) >= 11 is 0. The second-order valence-corrected chi connectivity index (χ2v) is 14.8. The average Bonchev–Trinajstić information content (AvgIpc) is 3.74. The molecule has 11 heteroatoms. The second-order valence-electron chi connectivity index (χ2n) is 8.17. The van der Waals surface area contributed by atoms with Crippen molar-refractivity contribution in [2.75, 3.05) is 75.2 Å². The summed E-state index contributed by atoms with van der Waals surface area (Å²) in [6.45, 7) is 6.90. The Morgan fingerprint density at radius 3 is 1.53 bits per heavy atom. The highest BCUT2D eigenvalue weighted by Gasteiger charge is 2.36. The summed E-state index contributed by atoms with van der Waals surface area (Å²) in [6, 6.07) is 1.86. The molecule has 0 amide bonds. The first-order valence-corrected chi connectivity index (χ1v) is 16.1. The van der Waals surface area contributed by atoms with Crippen LogP contribution in [0.2, 0.25) is 18.6 Å². The molecule has 0 aliphatic carbocycles. The predicted octanol–water partition coefficient (Wildman–Crippen LogP) is 3.00. The van der Waals surface area contributed by atoms with E-state index < -0.39 is 17.4 Å². The van der Waals surface area contributed by atoms with Crippen molar-refractivity contribution in [2.24, 2.45) is 0 Å². The lowest BCUT2D eigenvalue weighted by atomic mass is 10.2. The molecule has 2 saturated heterocycles. The van der Waals surface area contributed by atoms with Gasteiger partial charge in [0.05, 0.1) is 26.4 Å². The average molecular weight is 499 g/mol. The van der Waals surface area contributed by atoms with E-state index in [1.807, 2.05) is 0 Å². The van der Waals surface area contributed by atoms with Crippen molar-refractivity contribution in [1.29, 1.82) is 0 Å². The van der Waals surface area contributed by atoms with Crippen LogP contribution in [0.25, 0.3) is 0 Å². The van der Waals surface area contributed by atoms with Crippen molar-refractivity contribution in [1.82, 2.24) is 0 Å². The van der Waals surface area contributed by atoms with Crippen LogP contribution in [-0.4, -0.2) is 105 Å². The molecule has 2 atom stereocenters. The largest absolute Gasteiger partial charge is 0.500 e. The summed E-state index contributed by atoms with van der Waals surface area (Å²) in [5.74, 6) is 0. The molecule has 0 aromatic rings. The normalized spacial score (nSPS) is 20.1. The molecule has 2 aliphatic heterocycles. The Labute approximate surface area is 196 Å². The number of rotatable bonds is 20. The van der Waals surface area contributed by atoms with Crippen molar-refractivity contribution < 1.29 is 41.1 Å². The maximum atomic E-state index is 5.48. The van der Waals surface area contributed by atoms with Gasteiger partial charge in [0.25, 0.3) is 0 Å². The van der Waals surface area contributed by atoms with Crippen molar-refractivity contribution in [3.8, 4) is 0 Å². The molecule has 0 aromatic heterocycles. The third-order valence-corrected chi connectivity index (χ3v) is 11.5. The van der Waals surface area contributed by atoms with Crippen LogP contribution >= 0.6 is 0 Å². The molecule has 0 bridgehead atoms. The highest BCUT2D eigenvalue weighted by atomic mass is 28.4. The maximum Gasteiger partial charge on any atom is 0.500 e. The lowest BCUT2D eigenvalue weighted by Gasteiger charge is -2.24. The van der Waals surface area contributed by atoms with Crippen LogP contribution in [0.15, 0.2) is 0 Å². The molecule has 2 heterocycles. The Kier molecular flexibility index (Phi) is 16.5. The molecular weight excluding hydrogens is 452 g/mol. The molecule has 2 aliphatic rings. The molecule has 0 saturated carbocycles. The molecule has 2 unspecified atom stereocenters. The molecule has 0 N–H and O–H groups in total. The molecule has 2 fully saturated rings. The monoisotopic (exact) mass is 498 g/mol. The molecule has 192 valence electrons. The van der Waals surface area contributed by atoms with Crippen LogP contribution in [0.1, 0.15) is 32.1 Å². The van der Waals surface area contributed by atoms with Crippen LogP contribution < -0.4 is 0 Å². The summed E-state index contributed by atoms with van der Waals surface area (Å²) in [4.78, 5) is 0. The van der Waals surface area contributed by atoms with Gasteiger partial charge >= 0.3 is 17.4 Å². The molecule has 0 radical (unpaired) electrons. The molecule has 0 aromatic carbocycles. The van der Waals surface area contributed by atoms with Crippen molar-refractivity contribution in [2.45, 2.75) is 62.9 Å². The minimum atomic E-state index is -2.35. The number of ether oxygens (including phenoxy) is 4. The van der Waals surface area contributed by atoms with E-state index in [2.05, 4.69) is 6.55 Å². The first-order chi connectivity index (χ1) is 15.5. The van der Waals surface area contributed by atoms with E-state index >= 15 is 0 Å². The lowest BCUT2D eigenvalue weighted by Crippen LogP contribution is -2.42. The van der Waals surface area contributed by atoms with Gasteiger partial charge in [0.15, 0.2) is 0 Å². The van der Waals surface area contributed by atoms with E-state index in [-0.39, 0.29) is 0 Å². The smallest absolute Gasteiger partial charge is 0.398 e. The quantitative estimate of drug-likeness (QED) is 0.143. The lowest BCUT2D eigenvalue weighted by molar-refractivity contribution is 0.112. The number of hydrogen-bond donors (Lipinski definition) is 0. The van der Waals surface area contributed by atoms with E-state index in [4.69, 9.17) is 41.1 Å². The Bertz CT molecular complexity index is 435. The summed E-state index contributed by atoms with van der Waals surface area (Å²) in [7, 11) is 4.20. The van der Waals surface area contributed by atoms with Crippen LogP contribution in [0.4, 0.5) is 0 Å². The standard InChI is InChI=1S/C12H26O5Si.C9H20O4Si/c1-13-18(14-2,15-3)9-7-5-4-6-8-16-10-12-11-17-12;1-10-14(3,11-2)6-4-5-12-7-9-8-13-9/h12H,4-11H2,1-3H3;9H,4-8H2,1-3H3. The van der Waals surface area contributed by atoms with E-state index in [0.29, 0.717) is 12.2 Å². The Balaban J connectivity index is 0.000000330. The van der Waals surface area contributed by atoms with Gasteiger partial charge in [0, 0.05) is 54.8 Å². The molecule has 2 rings (SSSR count). The zero-order valence-electron chi connectivity index (χ0n) is 21.0. The third-order valence-electron chi connectivity index (χ3n) is 5.65. The van der Waals surface area contributed by atoms with Gasteiger partial charge in [-0.2, -0.15) is 0 Å². The maximum absolute atomic E-state index is 5.48. The first kappa shape index (κ1) is 30.1. The number of epoxide rings is 2. The van der Waals surface area contributed by atoms with Crippen LogP contribution in [0.5, 0.6) is 0 Å². The zero-order chi connectivity index (χ0) is 23.7. The van der Waals surface area contributed by atoms with Gasteiger partial charge in [-0.25, -0.2) is 0 Å². The van der Waals surface area contributed by atoms with E-state index in [1.165, 1.54) is 6.42 Å². The SMILES string of the molecule is CO[Si](C)(CCCOCC1CO1)OC.CO[Si](CCCCCCOCC1CO1)(OC)OC. The zero-order valence-corrected chi connectivity index (χ0v) is 23.0. The Morgan fingerprint density at radius 1 is 0.625 bits per heavy atom.